The summed E-state index contributed by atoms with van der Waals surface area (Å²) in [7, 11) is -1.79. The van der Waals surface area contributed by atoms with Crippen molar-refractivity contribution in [2.24, 2.45) is 0 Å². The van der Waals surface area contributed by atoms with Crippen molar-refractivity contribution in [2.45, 2.75) is 30.4 Å². The standard InChI is InChI=1S/C25H24ClNO7S/c1-15(2)34-21-8-6-5-7-18(21)25(29)19-13-16(26)9-11-20(19)27(24(25)28)35(30,31)23-12-10-17(32-3)14-22(23)33-4/h5-15,29H,1-4H3. The third kappa shape index (κ3) is 3.99. The van der Waals surface area contributed by atoms with Crippen molar-refractivity contribution < 1.29 is 32.5 Å². The van der Waals surface area contributed by atoms with E-state index in [9.17, 15) is 18.3 Å². The molecule has 0 spiro atoms. The molecular formula is C25H24ClNO7S. The lowest BCUT2D eigenvalue weighted by atomic mass is 9.87. The molecular weight excluding hydrogens is 494 g/mol. The summed E-state index contributed by atoms with van der Waals surface area (Å²) >= 11 is 6.21. The van der Waals surface area contributed by atoms with Crippen molar-refractivity contribution in [2.75, 3.05) is 18.5 Å². The van der Waals surface area contributed by atoms with Crippen LogP contribution in [0.4, 0.5) is 5.69 Å². The van der Waals surface area contributed by atoms with Gasteiger partial charge in [-0.05, 0) is 50.2 Å². The number of aliphatic hydroxyl groups is 1. The summed E-state index contributed by atoms with van der Waals surface area (Å²) in [6.45, 7) is 3.60. The Morgan fingerprint density at radius 2 is 1.66 bits per heavy atom. The molecule has 0 radical (unpaired) electrons. The van der Waals surface area contributed by atoms with Gasteiger partial charge >= 0.3 is 0 Å². The molecule has 184 valence electrons. The van der Waals surface area contributed by atoms with E-state index in [1.807, 2.05) is 0 Å². The number of amides is 1. The zero-order chi connectivity index (χ0) is 25.5. The Balaban J connectivity index is 1.96. The lowest BCUT2D eigenvalue weighted by molar-refractivity contribution is -0.131. The number of halogens is 1. The molecule has 0 saturated carbocycles. The first-order chi connectivity index (χ1) is 16.5. The molecule has 8 nitrogen and oxygen atoms in total. The number of hydrogen-bond acceptors (Lipinski definition) is 7. The third-order valence-electron chi connectivity index (χ3n) is 5.59. The van der Waals surface area contributed by atoms with Crippen molar-refractivity contribution in [1.29, 1.82) is 0 Å². The van der Waals surface area contributed by atoms with Gasteiger partial charge < -0.3 is 19.3 Å². The van der Waals surface area contributed by atoms with Gasteiger partial charge in [-0.3, -0.25) is 4.79 Å². The summed E-state index contributed by atoms with van der Waals surface area (Å²) in [5.41, 5.74) is -2.29. The number of carbonyl (C=O) groups excluding carboxylic acids is 1. The van der Waals surface area contributed by atoms with Gasteiger partial charge in [0, 0.05) is 22.2 Å². The Hall–Kier alpha value is -3.27. The number of benzene rings is 3. The van der Waals surface area contributed by atoms with Crippen LogP contribution in [0.5, 0.6) is 17.2 Å². The summed E-state index contributed by atoms with van der Waals surface area (Å²) in [4.78, 5) is 13.6. The van der Waals surface area contributed by atoms with Gasteiger partial charge in [-0.25, -0.2) is 8.42 Å². The van der Waals surface area contributed by atoms with Crippen LogP contribution in [0.3, 0.4) is 0 Å². The van der Waals surface area contributed by atoms with E-state index in [1.165, 1.54) is 56.7 Å². The molecule has 0 saturated heterocycles. The van der Waals surface area contributed by atoms with Crippen LogP contribution < -0.4 is 18.5 Å². The highest BCUT2D eigenvalue weighted by Crippen LogP contribution is 2.50. The van der Waals surface area contributed by atoms with Crippen LogP contribution in [0.2, 0.25) is 5.02 Å². The number of ether oxygens (including phenoxy) is 3. The second-order valence-electron chi connectivity index (χ2n) is 8.13. The minimum atomic E-state index is -4.54. The number of rotatable bonds is 7. The second-order valence-corrected chi connectivity index (χ2v) is 10.3. The number of nitrogens with zero attached hydrogens (tertiary/aromatic N) is 1. The number of methoxy groups -OCH3 is 2. The number of para-hydroxylation sites is 1. The van der Waals surface area contributed by atoms with Crippen molar-refractivity contribution in [3.05, 3.63) is 76.8 Å². The monoisotopic (exact) mass is 517 g/mol. The van der Waals surface area contributed by atoms with Crippen LogP contribution in [0.25, 0.3) is 0 Å². The average Bonchev–Trinajstić information content (AvgIpc) is 3.06. The Morgan fingerprint density at radius 1 is 0.943 bits per heavy atom. The highest BCUT2D eigenvalue weighted by molar-refractivity contribution is 7.93. The number of carbonyl (C=O) groups is 1. The van der Waals surface area contributed by atoms with E-state index >= 15 is 0 Å². The molecule has 1 aliphatic rings. The molecule has 0 fully saturated rings. The predicted octanol–water partition coefficient (Wildman–Crippen LogP) is 4.12. The third-order valence-corrected chi connectivity index (χ3v) is 7.56. The fourth-order valence-electron chi connectivity index (χ4n) is 4.05. The molecule has 10 heteroatoms. The first kappa shape index (κ1) is 24.8. The smallest absolute Gasteiger partial charge is 0.282 e. The van der Waals surface area contributed by atoms with E-state index in [0.29, 0.717) is 10.1 Å². The van der Waals surface area contributed by atoms with Gasteiger partial charge in [0.15, 0.2) is 0 Å². The number of sulfonamides is 1. The summed E-state index contributed by atoms with van der Waals surface area (Å²) < 4.78 is 44.6. The maximum absolute atomic E-state index is 13.9. The van der Waals surface area contributed by atoms with Crippen molar-refractivity contribution >= 4 is 33.2 Å². The van der Waals surface area contributed by atoms with Crippen LogP contribution in [-0.4, -0.2) is 39.8 Å². The molecule has 1 aliphatic heterocycles. The van der Waals surface area contributed by atoms with Crippen LogP contribution in [0.15, 0.2) is 65.6 Å². The quantitative estimate of drug-likeness (QED) is 0.503. The molecule has 1 N–H and O–H groups in total. The topological polar surface area (TPSA) is 102 Å². The van der Waals surface area contributed by atoms with Crippen molar-refractivity contribution in [3.8, 4) is 17.2 Å². The van der Waals surface area contributed by atoms with E-state index in [-0.39, 0.29) is 44.3 Å². The zero-order valence-electron chi connectivity index (χ0n) is 19.5. The fourth-order valence-corrected chi connectivity index (χ4v) is 5.83. The summed E-state index contributed by atoms with van der Waals surface area (Å²) in [6.07, 6.45) is -0.265. The first-order valence-electron chi connectivity index (χ1n) is 10.7. The molecule has 1 amide bonds. The van der Waals surface area contributed by atoms with Gasteiger partial charge in [-0.2, -0.15) is 4.31 Å². The lowest BCUT2D eigenvalue weighted by Gasteiger charge is -2.26. The van der Waals surface area contributed by atoms with Gasteiger partial charge in [0.25, 0.3) is 15.9 Å². The molecule has 3 aromatic rings. The van der Waals surface area contributed by atoms with E-state index in [2.05, 4.69) is 0 Å². The molecule has 1 atom stereocenters. The van der Waals surface area contributed by atoms with Crippen molar-refractivity contribution in [1.82, 2.24) is 0 Å². The van der Waals surface area contributed by atoms with E-state index in [0.717, 1.165) is 0 Å². The number of anilines is 1. The van der Waals surface area contributed by atoms with Gasteiger partial charge in [0.05, 0.1) is 26.0 Å². The zero-order valence-corrected chi connectivity index (χ0v) is 21.1. The minimum absolute atomic E-state index is 0.0193. The largest absolute Gasteiger partial charge is 0.497 e. The summed E-state index contributed by atoms with van der Waals surface area (Å²) in [6, 6.07) is 14.8. The van der Waals surface area contributed by atoms with E-state index in [1.54, 1.807) is 32.0 Å². The first-order valence-corrected chi connectivity index (χ1v) is 12.5. The normalized spacial score (nSPS) is 17.5. The Labute approximate surface area is 208 Å². The van der Waals surface area contributed by atoms with Crippen LogP contribution >= 0.6 is 11.6 Å². The Bertz CT molecular complexity index is 1410. The Morgan fingerprint density at radius 3 is 2.31 bits per heavy atom. The molecule has 0 aliphatic carbocycles. The number of fused-ring (bicyclic) bond motifs is 1. The van der Waals surface area contributed by atoms with Crippen LogP contribution in [-0.2, 0) is 20.4 Å². The van der Waals surface area contributed by atoms with Gasteiger partial charge in [-0.1, -0.05) is 29.8 Å². The van der Waals surface area contributed by atoms with Crippen LogP contribution in [0.1, 0.15) is 25.0 Å². The van der Waals surface area contributed by atoms with Crippen LogP contribution in [0, 0.1) is 0 Å². The molecule has 0 aromatic heterocycles. The van der Waals surface area contributed by atoms with E-state index < -0.39 is 21.5 Å². The minimum Gasteiger partial charge on any atom is -0.497 e. The highest BCUT2D eigenvalue weighted by atomic mass is 35.5. The molecule has 1 heterocycles. The average molecular weight is 518 g/mol. The highest BCUT2D eigenvalue weighted by Gasteiger charge is 2.56. The molecule has 3 aromatic carbocycles. The molecule has 0 bridgehead atoms. The molecule has 1 unspecified atom stereocenters. The van der Waals surface area contributed by atoms with Gasteiger partial charge in [-0.15, -0.1) is 0 Å². The lowest BCUT2D eigenvalue weighted by Crippen LogP contribution is -2.44. The molecule has 35 heavy (non-hydrogen) atoms. The van der Waals surface area contributed by atoms with E-state index in [4.69, 9.17) is 25.8 Å². The van der Waals surface area contributed by atoms with Crippen molar-refractivity contribution in [3.63, 3.8) is 0 Å². The molecule has 4 rings (SSSR count). The van der Waals surface area contributed by atoms with Gasteiger partial charge in [0.2, 0.25) is 5.60 Å². The predicted molar refractivity (Wildman–Crippen MR) is 131 cm³/mol. The maximum Gasteiger partial charge on any atom is 0.282 e. The SMILES string of the molecule is COc1ccc(S(=O)(=O)N2C(=O)C(O)(c3ccccc3OC(C)C)c3cc(Cl)ccc32)c(OC)c1. The maximum atomic E-state index is 13.9. The van der Waals surface area contributed by atoms with Gasteiger partial charge in [0.1, 0.15) is 22.1 Å². The second kappa shape index (κ2) is 9.07. The summed E-state index contributed by atoms with van der Waals surface area (Å²) in [5, 5.41) is 12.2. The fraction of sp³-hybridized carbons (Fsp3) is 0.240. The Kier molecular flexibility index (Phi) is 6.44. The number of hydrogen-bond donors (Lipinski definition) is 1. The summed E-state index contributed by atoms with van der Waals surface area (Å²) in [5.74, 6) is -0.498.